The summed E-state index contributed by atoms with van der Waals surface area (Å²) < 4.78 is 0. The zero-order valence-corrected chi connectivity index (χ0v) is 14.3. The van der Waals surface area contributed by atoms with Gasteiger partial charge in [-0.1, -0.05) is 20.8 Å². The molecule has 1 heterocycles. The van der Waals surface area contributed by atoms with Crippen LogP contribution in [0.25, 0.3) is 0 Å². The smallest absolute Gasteiger partial charge is 0.0340 e. The molecule has 2 unspecified atom stereocenters. The molecule has 3 heteroatoms. The Balaban J connectivity index is 2.08. The van der Waals surface area contributed by atoms with E-state index in [4.69, 9.17) is 5.73 Å². The molecule has 0 spiro atoms. The maximum atomic E-state index is 6.29. The predicted molar refractivity (Wildman–Crippen MR) is 86.9 cm³/mol. The Labute approximate surface area is 125 Å². The molecule has 2 fully saturated rings. The molecule has 0 aromatic carbocycles. The summed E-state index contributed by atoms with van der Waals surface area (Å²) in [6.07, 6.45) is 3.90. The molecule has 2 N–H and O–H groups in total. The predicted octanol–water partition coefficient (Wildman–Crippen LogP) is 2.56. The summed E-state index contributed by atoms with van der Waals surface area (Å²) in [5.41, 5.74) is 6.98. The minimum Gasteiger partial charge on any atom is -0.329 e. The molecule has 0 aromatic heterocycles. The van der Waals surface area contributed by atoms with Gasteiger partial charge in [-0.15, -0.1) is 0 Å². The third-order valence-corrected chi connectivity index (χ3v) is 5.53. The van der Waals surface area contributed by atoms with Crippen molar-refractivity contribution in [3.05, 3.63) is 0 Å². The average molecular weight is 281 g/mol. The van der Waals surface area contributed by atoms with E-state index in [0.29, 0.717) is 11.5 Å². The highest BCUT2D eigenvalue weighted by atomic mass is 15.3. The zero-order chi connectivity index (χ0) is 15.0. The van der Waals surface area contributed by atoms with Crippen LogP contribution in [0.4, 0.5) is 0 Å². The molecule has 1 saturated heterocycles. The number of nitrogens with zero attached hydrogens (tertiary/aromatic N) is 2. The fraction of sp³-hybridized carbons (Fsp3) is 1.00. The lowest BCUT2D eigenvalue weighted by Gasteiger charge is -2.55. The van der Waals surface area contributed by atoms with Crippen molar-refractivity contribution in [3.63, 3.8) is 0 Å². The molecule has 20 heavy (non-hydrogen) atoms. The number of nitrogens with two attached hydrogens (primary N) is 1. The second-order valence-electron chi connectivity index (χ2n) is 8.40. The van der Waals surface area contributed by atoms with Crippen molar-refractivity contribution in [3.8, 4) is 0 Å². The first kappa shape index (κ1) is 16.3. The summed E-state index contributed by atoms with van der Waals surface area (Å²) in [5, 5.41) is 0. The molecular formula is C17H35N3. The lowest BCUT2D eigenvalue weighted by atomic mass is 9.63. The van der Waals surface area contributed by atoms with Crippen molar-refractivity contribution in [2.24, 2.45) is 17.1 Å². The molecule has 0 bridgehead atoms. The number of hydrogen-bond donors (Lipinski definition) is 1. The minimum atomic E-state index is 0.254. The molecule has 2 aliphatic rings. The Bertz CT molecular complexity index is 318. The molecule has 1 aliphatic heterocycles. The van der Waals surface area contributed by atoms with E-state index in [9.17, 15) is 0 Å². The van der Waals surface area contributed by atoms with Gasteiger partial charge >= 0.3 is 0 Å². The first-order valence-corrected chi connectivity index (χ1v) is 8.47. The third kappa shape index (κ3) is 3.37. The summed E-state index contributed by atoms with van der Waals surface area (Å²) in [4.78, 5) is 5.32. The molecular weight excluding hydrogens is 246 g/mol. The van der Waals surface area contributed by atoms with Crippen LogP contribution in [0, 0.1) is 11.3 Å². The number of piperazine rings is 1. The van der Waals surface area contributed by atoms with Crippen molar-refractivity contribution in [2.45, 2.75) is 65.5 Å². The molecule has 2 atom stereocenters. The van der Waals surface area contributed by atoms with E-state index < -0.39 is 0 Å². The van der Waals surface area contributed by atoms with Crippen molar-refractivity contribution < 1.29 is 0 Å². The van der Waals surface area contributed by atoms with Crippen LogP contribution in [0.3, 0.4) is 0 Å². The highest BCUT2D eigenvalue weighted by molar-refractivity contribution is 5.02. The van der Waals surface area contributed by atoms with Crippen LogP contribution in [-0.2, 0) is 0 Å². The summed E-state index contributed by atoms with van der Waals surface area (Å²) >= 11 is 0. The minimum absolute atomic E-state index is 0.254. The van der Waals surface area contributed by atoms with E-state index in [-0.39, 0.29) is 5.54 Å². The molecule has 3 nitrogen and oxygen atoms in total. The first-order chi connectivity index (χ1) is 9.28. The first-order valence-electron chi connectivity index (χ1n) is 8.47. The summed E-state index contributed by atoms with van der Waals surface area (Å²) in [6.45, 7) is 17.5. The van der Waals surface area contributed by atoms with Crippen molar-refractivity contribution >= 4 is 0 Å². The Hall–Kier alpha value is -0.120. The van der Waals surface area contributed by atoms with Crippen molar-refractivity contribution in [1.82, 2.24) is 9.80 Å². The third-order valence-electron chi connectivity index (χ3n) is 5.53. The monoisotopic (exact) mass is 281 g/mol. The normalized spacial score (nSPS) is 36.5. The molecule has 0 amide bonds. The van der Waals surface area contributed by atoms with Crippen LogP contribution in [0.1, 0.15) is 53.9 Å². The van der Waals surface area contributed by atoms with E-state index in [2.05, 4.69) is 44.4 Å². The van der Waals surface area contributed by atoms with Gasteiger partial charge in [0.05, 0.1) is 0 Å². The van der Waals surface area contributed by atoms with Gasteiger partial charge in [0.15, 0.2) is 0 Å². The van der Waals surface area contributed by atoms with Gasteiger partial charge in [-0.25, -0.2) is 0 Å². The zero-order valence-electron chi connectivity index (χ0n) is 14.3. The largest absolute Gasteiger partial charge is 0.329 e. The van der Waals surface area contributed by atoms with Crippen LogP contribution in [0.15, 0.2) is 0 Å². The van der Waals surface area contributed by atoms with Gasteiger partial charge in [0.2, 0.25) is 0 Å². The van der Waals surface area contributed by atoms with Crippen molar-refractivity contribution in [1.29, 1.82) is 0 Å². The fourth-order valence-corrected chi connectivity index (χ4v) is 4.94. The average Bonchev–Trinajstić information content (AvgIpc) is 2.36. The van der Waals surface area contributed by atoms with E-state index in [1.54, 1.807) is 0 Å². The van der Waals surface area contributed by atoms with Gasteiger partial charge in [0.25, 0.3) is 0 Å². The lowest BCUT2D eigenvalue weighted by molar-refractivity contribution is -0.0394. The second-order valence-corrected chi connectivity index (χ2v) is 8.40. The lowest BCUT2D eigenvalue weighted by Crippen LogP contribution is -2.64. The molecule has 118 valence electrons. The van der Waals surface area contributed by atoms with E-state index in [1.807, 2.05) is 0 Å². The highest BCUT2D eigenvalue weighted by Crippen LogP contribution is 2.46. The fourth-order valence-electron chi connectivity index (χ4n) is 4.94. The van der Waals surface area contributed by atoms with Gasteiger partial charge in [0.1, 0.15) is 0 Å². The van der Waals surface area contributed by atoms with Gasteiger partial charge < -0.3 is 5.73 Å². The molecule has 1 saturated carbocycles. The molecule has 0 aromatic rings. The van der Waals surface area contributed by atoms with Crippen LogP contribution in [0.2, 0.25) is 0 Å². The van der Waals surface area contributed by atoms with E-state index in [1.165, 1.54) is 45.4 Å². The number of rotatable bonds is 3. The Kier molecular flexibility index (Phi) is 4.83. The summed E-state index contributed by atoms with van der Waals surface area (Å²) in [5.74, 6) is 0.797. The van der Waals surface area contributed by atoms with Gasteiger partial charge in [-0.05, 0) is 44.4 Å². The standard InChI is InChI=1S/C17H35N3/c1-14(2)19-6-8-20(9-7-19)17(13-18)11-15(3)10-16(4,5)12-17/h14-15H,6-13,18H2,1-5H3. The highest BCUT2D eigenvalue weighted by Gasteiger charge is 2.46. The van der Waals surface area contributed by atoms with Gasteiger partial charge in [-0.2, -0.15) is 0 Å². The molecule has 1 aliphatic carbocycles. The van der Waals surface area contributed by atoms with E-state index >= 15 is 0 Å². The SMILES string of the molecule is CC1CC(C)(C)CC(CN)(N2CCN(C(C)C)CC2)C1. The molecule has 0 radical (unpaired) electrons. The Morgan fingerprint density at radius 3 is 2.15 bits per heavy atom. The number of hydrogen-bond acceptors (Lipinski definition) is 3. The van der Waals surface area contributed by atoms with Gasteiger partial charge in [0, 0.05) is 44.3 Å². The maximum absolute atomic E-state index is 6.29. The van der Waals surface area contributed by atoms with Crippen LogP contribution in [0.5, 0.6) is 0 Å². The Morgan fingerprint density at radius 1 is 1.10 bits per heavy atom. The van der Waals surface area contributed by atoms with Gasteiger partial charge in [-0.3, -0.25) is 9.80 Å². The van der Waals surface area contributed by atoms with Crippen molar-refractivity contribution in [2.75, 3.05) is 32.7 Å². The van der Waals surface area contributed by atoms with Crippen LogP contribution >= 0.6 is 0 Å². The quantitative estimate of drug-likeness (QED) is 0.863. The van der Waals surface area contributed by atoms with Crippen LogP contribution in [-0.4, -0.2) is 54.1 Å². The maximum Gasteiger partial charge on any atom is 0.0340 e. The van der Waals surface area contributed by atoms with E-state index in [0.717, 1.165) is 12.5 Å². The topological polar surface area (TPSA) is 32.5 Å². The Morgan fingerprint density at radius 2 is 1.70 bits per heavy atom. The van der Waals surface area contributed by atoms with Crippen LogP contribution < -0.4 is 5.73 Å². The molecule has 2 rings (SSSR count). The second kappa shape index (κ2) is 5.94. The summed E-state index contributed by atoms with van der Waals surface area (Å²) in [6, 6.07) is 0.674. The summed E-state index contributed by atoms with van der Waals surface area (Å²) in [7, 11) is 0.